The smallest absolute Gasteiger partial charge is 0.257 e. The molecule has 0 unspecified atom stereocenters. The zero-order chi connectivity index (χ0) is 18.3. The van der Waals surface area contributed by atoms with Gasteiger partial charge in [0, 0.05) is 36.4 Å². The van der Waals surface area contributed by atoms with E-state index in [4.69, 9.17) is 0 Å². The lowest BCUT2D eigenvalue weighted by Crippen LogP contribution is -2.48. The number of aryl methyl sites for hydroxylation is 1. The minimum atomic E-state index is -0.157. The summed E-state index contributed by atoms with van der Waals surface area (Å²) in [6.45, 7) is 3.71. The second kappa shape index (κ2) is 6.34. The summed E-state index contributed by atoms with van der Waals surface area (Å²) in [6.07, 6.45) is 3.15. The second-order valence-corrected chi connectivity index (χ2v) is 6.56. The lowest BCUT2D eigenvalue weighted by Gasteiger charge is -2.32. The van der Waals surface area contributed by atoms with Crippen LogP contribution < -0.4 is 10.5 Å². The number of carbonyl (C=O) groups excluding carboxylic acids is 1. The third-order valence-electron chi connectivity index (χ3n) is 4.70. The lowest BCUT2D eigenvalue weighted by molar-refractivity contribution is -0.120. The van der Waals surface area contributed by atoms with Gasteiger partial charge in [-0.2, -0.15) is 0 Å². The molecule has 0 aliphatic carbocycles. The van der Waals surface area contributed by atoms with E-state index in [9.17, 15) is 9.59 Å². The summed E-state index contributed by atoms with van der Waals surface area (Å²) in [5, 5.41) is 0.827. The van der Waals surface area contributed by atoms with Gasteiger partial charge in [-0.05, 0) is 37.7 Å². The first-order chi connectivity index (χ1) is 12.5. The van der Waals surface area contributed by atoms with Crippen molar-refractivity contribution in [3.63, 3.8) is 0 Å². The maximum atomic E-state index is 12.7. The van der Waals surface area contributed by atoms with Gasteiger partial charge in [-0.15, -0.1) is 0 Å². The molecule has 7 nitrogen and oxygen atoms in total. The molecule has 2 aromatic heterocycles. The van der Waals surface area contributed by atoms with Crippen molar-refractivity contribution in [2.45, 2.75) is 6.92 Å². The van der Waals surface area contributed by atoms with E-state index < -0.39 is 0 Å². The molecule has 0 radical (unpaired) electrons. The van der Waals surface area contributed by atoms with Gasteiger partial charge in [0.25, 0.3) is 5.56 Å². The fourth-order valence-electron chi connectivity index (χ4n) is 3.32. The normalized spacial score (nSPS) is 15.6. The average Bonchev–Trinajstić information content (AvgIpc) is 2.62. The number of likely N-dealkylation sites (N-methyl/N-ethyl adjacent to an activating group) is 1. The molecule has 26 heavy (non-hydrogen) atoms. The fraction of sp³-hybridized carbons (Fsp3) is 0.263. The van der Waals surface area contributed by atoms with E-state index in [2.05, 4.69) is 9.97 Å². The molecule has 1 saturated heterocycles. The number of carbonyl (C=O) groups is 1. The molecule has 0 atom stereocenters. The molecular formula is C19H19N5O2. The molecule has 4 rings (SSSR count). The molecule has 1 aromatic carbocycles. The highest BCUT2D eigenvalue weighted by Gasteiger charge is 2.23. The molecule has 1 aliphatic heterocycles. The molecule has 0 N–H and O–H groups in total. The SMILES string of the molecule is Cc1cc(=O)n(-c2cccc(N3CCN(C)CC3=O)c2)c2ncncc12. The average molecular weight is 349 g/mol. The van der Waals surface area contributed by atoms with E-state index in [1.165, 1.54) is 6.33 Å². The number of benzene rings is 1. The molecular weight excluding hydrogens is 330 g/mol. The van der Waals surface area contributed by atoms with Crippen LogP contribution in [0.5, 0.6) is 0 Å². The fourth-order valence-corrected chi connectivity index (χ4v) is 3.32. The van der Waals surface area contributed by atoms with E-state index in [-0.39, 0.29) is 11.5 Å². The Morgan fingerprint density at radius 1 is 1.08 bits per heavy atom. The number of hydrogen-bond acceptors (Lipinski definition) is 5. The third kappa shape index (κ3) is 2.76. The van der Waals surface area contributed by atoms with Crippen LogP contribution in [0.3, 0.4) is 0 Å². The van der Waals surface area contributed by atoms with Gasteiger partial charge >= 0.3 is 0 Å². The topological polar surface area (TPSA) is 71.3 Å². The van der Waals surface area contributed by atoms with Crippen molar-refractivity contribution in [2.24, 2.45) is 0 Å². The van der Waals surface area contributed by atoms with E-state index in [1.807, 2.05) is 43.1 Å². The van der Waals surface area contributed by atoms with Gasteiger partial charge < -0.3 is 4.90 Å². The Labute approximate surface area is 150 Å². The van der Waals surface area contributed by atoms with Crippen molar-refractivity contribution >= 4 is 22.6 Å². The Hall–Kier alpha value is -3.06. The highest BCUT2D eigenvalue weighted by atomic mass is 16.2. The molecule has 0 bridgehead atoms. The molecule has 0 spiro atoms. The summed E-state index contributed by atoms with van der Waals surface area (Å²) in [6, 6.07) is 9.04. The van der Waals surface area contributed by atoms with Gasteiger partial charge in [0.2, 0.25) is 5.91 Å². The number of amides is 1. The van der Waals surface area contributed by atoms with Crippen LogP contribution in [-0.4, -0.2) is 52.0 Å². The van der Waals surface area contributed by atoms with E-state index in [0.717, 1.165) is 23.2 Å². The Kier molecular flexibility index (Phi) is 4.00. The number of fused-ring (bicyclic) bond motifs is 1. The maximum Gasteiger partial charge on any atom is 0.257 e. The van der Waals surface area contributed by atoms with Crippen LogP contribution in [0.2, 0.25) is 0 Å². The zero-order valence-corrected chi connectivity index (χ0v) is 14.7. The Balaban J connectivity index is 1.85. The lowest BCUT2D eigenvalue weighted by atomic mass is 10.2. The molecule has 3 heterocycles. The van der Waals surface area contributed by atoms with Gasteiger partial charge in [0.15, 0.2) is 5.65 Å². The van der Waals surface area contributed by atoms with Crippen LogP contribution in [-0.2, 0) is 4.79 Å². The predicted molar refractivity (Wildman–Crippen MR) is 99.7 cm³/mol. The van der Waals surface area contributed by atoms with Crippen molar-refractivity contribution in [3.8, 4) is 5.69 Å². The van der Waals surface area contributed by atoms with Crippen LogP contribution in [0.15, 0.2) is 47.7 Å². The molecule has 1 aliphatic rings. The van der Waals surface area contributed by atoms with Crippen LogP contribution in [0.25, 0.3) is 16.7 Å². The van der Waals surface area contributed by atoms with Crippen molar-refractivity contribution in [2.75, 3.05) is 31.6 Å². The first-order valence-corrected chi connectivity index (χ1v) is 8.46. The predicted octanol–water partition coefficient (Wildman–Crippen LogP) is 1.37. The van der Waals surface area contributed by atoms with Crippen molar-refractivity contribution in [1.29, 1.82) is 0 Å². The van der Waals surface area contributed by atoms with Gasteiger partial charge in [-0.1, -0.05) is 6.07 Å². The molecule has 0 saturated carbocycles. The van der Waals surface area contributed by atoms with Crippen LogP contribution in [0.4, 0.5) is 5.69 Å². The summed E-state index contributed by atoms with van der Waals surface area (Å²) in [5.41, 5.74) is 2.72. The number of anilines is 1. The van der Waals surface area contributed by atoms with Crippen molar-refractivity contribution in [1.82, 2.24) is 19.4 Å². The summed E-state index contributed by atoms with van der Waals surface area (Å²) < 4.78 is 1.56. The Morgan fingerprint density at radius 3 is 2.69 bits per heavy atom. The van der Waals surface area contributed by atoms with Crippen LogP contribution >= 0.6 is 0 Å². The monoisotopic (exact) mass is 349 g/mol. The van der Waals surface area contributed by atoms with Crippen LogP contribution in [0, 0.1) is 6.92 Å². The summed E-state index contributed by atoms with van der Waals surface area (Å²) in [5.74, 6) is 0.0549. The van der Waals surface area contributed by atoms with E-state index in [1.54, 1.807) is 21.7 Å². The number of nitrogens with zero attached hydrogens (tertiary/aromatic N) is 5. The number of hydrogen-bond donors (Lipinski definition) is 0. The second-order valence-electron chi connectivity index (χ2n) is 6.56. The minimum Gasteiger partial charge on any atom is -0.310 e. The largest absolute Gasteiger partial charge is 0.310 e. The van der Waals surface area contributed by atoms with Crippen molar-refractivity contribution < 1.29 is 4.79 Å². The van der Waals surface area contributed by atoms with Gasteiger partial charge in [0.05, 0.1) is 12.2 Å². The molecule has 3 aromatic rings. The number of piperazine rings is 1. The summed E-state index contributed by atoms with van der Waals surface area (Å²) >= 11 is 0. The van der Waals surface area contributed by atoms with E-state index >= 15 is 0 Å². The van der Waals surface area contributed by atoms with Crippen molar-refractivity contribution in [3.05, 3.63) is 58.8 Å². The number of pyridine rings is 1. The Bertz CT molecular complexity index is 1060. The highest BCUT2D eigenvalue weighted by molar-refractivity contribution is 5.95. The number of aromatic nitrogens is 3. The number of rotatable bonds is 2. The molecule has 132 valence electrons. The van der Waals surface area contributed by atoms with E-state index in [0.29, 0.717) is 24.4 Å². The van der Waals surface area contributed by atoms with Crippen LogP contribution in [0.1, 0.15) is 5.56 Å². The van der Waals surface area contributed by atoms with Gasteiger partial charge in [-0.25, -0.2) is 9.97 Å². The van der Waals surface area contributed by atoms with Gasteiger partial charge in [0.1, 0.15) is 6.33 Å². The molecule has 1 fully saturated rings. The Morgan fingerprint density at radius 2 is 1.88 bits per heavy atom. The molecule has 7 heteroatoms. The maximum absolute atomic E-state index is 12.7. The zero-order valence-electron chi connectivity index (χ0n) is 14.7. The molecule has 1 amide bonds. The highest BCUT2D eigenvalue weighted by Crippen LogP contribution is 2.22. The third-order valence-corrected chi connectivity index (χ3v) is 4.70. The minimum absolute atomic E-state index is 0.0549. The van der Waals surface area contributed by atoms with Gasteiger partial charge in [-0.3, -0.25) is 19.1 Å². The summed E-state index contributed by atoms with van der Waals surface area (Å²) in [4.78, 5) is 37.2. The standard InChI is InChI=1S/C19H19N5O2/c1-13-8-17(25)24(19-16(13)10-20-12-21-19)15-5-3-4-14(9-15)23-7-6-22(2)11-18(23)26/h3-5,8-10,12H,6-7,11H2,1-2H3. The first kappa shape index (κ1) is 16.4. The summed E-state index contributed by atoms with van der Waals surface area (Å²) in [7, 11) is 1.93. The first-order valence-electron chi connectivity index (χ1n) is 8.46. The quantitative estimate of drug-likeness (QED) is 0.699.